The van der Waals surface area contributed by atoms with Gasteiger partial charge in [-0.15, -0.1) is 0 Å². The van der Waals surface area contributed by atoms with Crippen LogP contribution in [0.3, 0.4) is 0 Å². The van der Waals surface area contributed by atoms with Gasteiger partial charge in [0.2, 0.25) is 10.0 Å². The lowest BCUT2D eigenvalue weighted by Crippen LogP contribution is -2.28. The van der Waals surface area contributed by atoms with Crippen LogP contribution in [0.15, 0.2) is 47.4 Å². The molecule has 0 amide bonds. The predicted octanol–water partition coefficient (Wildman–Crippen LogP) is 3.15. The minimum Gasteiger partial charge on any atom is -0.495 e. The zero-order chi connectivity index (χ0) is 19.4. The van der Waals surface area contributed by atoms with E-state index in [4.69, 9.17) is 9.47 Å². The molecule has 0 N–H and O–H groups in total. The van der Waals surface area contributed by atoms with Crippen molar-refractivity contribution >= 4 is 16.0 Å². The molecule has 0 atom stereocenters. The van der Waals surface area contributed by atoms with Gasteiger partial charge in [0.25, 0.3) is 0 Å². The second-order valence-corrected chi connectivity index (χ2v) is 8.44. The average molecular weight is 389 g/mol. The van der Waals surface area contributed by atoms with Gasteiger partial charge >= 0.3 is 5.97 Å². The topological polar surface area (TPSA) is 72.9 Å². The number of rotatable bonds is 6. The maximum Gasteiger partial charge on any atom is 0.338 e. The first-order chi connectivity index (χ1) is 12.9. The third kappa shape index (κ3) is 4.31. The number of ether oxygens (including phenoxy) is 2. The standard InChI is InChI=1S/C20H23NO5S/c1-15-5-7-16(8-6-15)14-26-20(22)17-9-10-18(25-2)19(13-17)27(23,24)21-11-3-4-12-21/h5-10,13H,3-4,11-12,14H2,1-2H3. The minimum absolute atomic E-state index is 0.00307. The van der Waals surface area contributed by atoms with Gasteiger partial charge in [-0.25, -0.2) is 13.2 Å². The molecule has 144 valence electrons. The molecular formula is C20H23NO5S. The Balaban J connectivity index is 1.81. The van der Waals surface area contributed by atoms with Crippen molar-refractivity contribution < 1.29 is 22.7 Å². The van der Waals surface area contributed by atoms with Crippen molar-refractivity contribution in [2.24, 2.45) is 0 Å². The minimum atomic E-state index is -3.71. The SMILES string of the molecule is COc1ccc(C(=O)OCc2ccc(C)cc2)cc1S(=O)(=O)N1CCCC1. The molecule has 27 heavy (non-hydrogen) atoms. The Labute approximate surface area is 159 Å². The van der Waals surface area contributed by atoms with E-state index in [-0.39, 0.29) is 22.8 Å². The first-order valence-corrected chi connectivity index (χ1v) is 10.3. The van der Waals surface area contributed by atoms with Crippen LogP contribution in [-0.2, 0) is 21.4 Å². The Morgan fingerprint density at radius 3 is 2.37 bits per heavy atom. The molecule has 0 saturated carbocycles. The van der Waals surface area contributed by atoms with Gasteiger partial charge < -0.3 is 9.47 Å². The van der Waals surface area contributed by atoms with E-state index < -0.39 is 16.0 Å². The highest BCUT2D eigenvalue weighted by Crippen LogP contribution is 2.30. The summed E-state index contributed by atoms with van der Waals surface area (Å²) in [6, 6.07) is 12.0. The molecule has 1 aliphatic heterocycles. The Hall–Kier alpha value is -2.38. The highest BCUT2D eigenvalue weighted by Gasteiger charge is 2.30. The van der Waals surface area contributed by atoms with E-state index in [1.807, 2.05) is 31.2 Å². The van der Waals surface area contributed by atoms with Gasteiger partial charge in [0.1, 0.15) is 17.3 Å². The Morgan fingerprint density at radius 2 is 1.74 bits per heavy atom. The highest BCUT2D eigenvalue weighted by molar-refractivity contribution is 7.89. The van der Waals surface area contributed by atoms with E-state index in [1.54, 1.807) is 0 Å². The number of hydrogen-bond acceptors (Lipinski definition) is 5. The molecule has 1 fully saturated rings. The fraction of sp³-hybridized carbons (Fsp3) is 0.350. The van der Waals surface area contributed by atoms with Crippen molar-refractivity contribution in [2.45, 2.75) is 31.3 Å². The van der Waals surface area contributed by atoms with Crippen molar-refractivity contribution in [3.05, 3.63) is 59.2 Å². The van der Waals surface area contributed by atoms with Crippen LogP contribution in [0.25, 0.3) is 0 Å². The molecule has 1 saturated heterocycles. The van der Waals surface area contributed by atoms with Crippen LogP contribution in [0, 0.1) is 6.92 Å². The molecule has 7 heteroatoms. The average Bonchev–Trinajstić information content (AvgIpc) is 3.22. The largest absolute Gasteiger partial charge is 0.495 e. The van der Waals surface area contributed by atoms with E-state index in [9.17, 15) is 13.2 Å². The first-order valence-electron chi connectivity index (χ1n) is 8.82. The van der Waals surface area contributed by atoms with Crippen LogP contribution in [0.2, 0.25) is 0 Å². The van der Waals surface area contributed by atoms with Crippen LogP contribution in [0.1, 0.15) is 34.3 Å². The van der Waals surface area contributed by atoms with Crippen LogP contribution in [0.5, 0.6) is 5.75 Å². The molecule has 3 rings (SSSR count). The quantitative estimate of drug-likeness (QED) is 0.710. The lowest BCUT2D eigenvalue weighted by Gasteiger charge is -2.18. The normalized spacial score (nSPS) is 14.9. The summed E-state index contributed by atoms with van der Waals surface area (Å²) in [5, 5.41) is 0. The monoisotopic (exact) mass is 389 g/mol. The Bertz CT molecular complexity index is 916. The maximum absolute atomic E-state index is 12.9. The molecule has 2 aromatic carbocycles. The van der Waals surface area contributed by atoms with E-state index in [0.717, 1.165) is 24.0 Å². The lowest BCUT2D eigenvalue weighted by molar-refractivity contribution is 0.0472. The number of esters is 1. The summed E-state index contributed by atoms with van der Waals surface area (Å²) in [6.07, 6.45) is 1.67. The Kier molecular flexibility index (Phi) is 5.82. The molecule has 2 aromatic rings. The second kappa shape index (κ2) is 8.10. The highest BCUT2D eigenvalue weighted by atomic mass is 32.2. The molecule has 1 heterocycles. The van der Waals surface area contributed by atoms with E-state index in [2.05, 4.69) is 0 Å². The van der Waals surface area contributed by atoms with Crippen LogP contribution in [0.4, 0.5) is 0 Å². The number of aryl methyl sites for hydroxylation is 1. The number of sulfonamides is 1. The third-order valence-electron chi connectivity index (χ3n) is 4.57. The fourth-order valence-electron chi connectivity index (χ4n) is 2.99. The zero-order valence-corrected chi connectivity index (χ0v) is 16.3. The zero-order valence-electron chi connectivity index (χ0n) is 15.5. The van der Waals surface area contributed by atoms with E-state index in [0.29, 0.717) is 13.1 Å². The molecule has 0 radical (unpaired) electrons. The summed E-state index contributed by atoms with van der Waals surface area (Å²) >= 11 is 0. The van der Waals surface area contributed by atoms with Gasteiger partial charge in [-0.2, -0.15) is 4.31 Å². The fourth-order valence-corrected chi connectivity index (χ4v) is 4.69. The first kappa shape index (κ1) is 19.4. The van der Waals surface area contributed by atoms with Gasteiger partial charge in [0.15, 0.2) is 0 Å². The number of hydrogen-bond donors (Lipinski definition) is 0. The molecule has 0 spiro atoms. The van der Waals surface area contributed by atoms with Crippen molar-refractivity contribution in [2.75, 3.05) is 20.2 Å². The number of methoxy groups -OCH3 is 1. The van der Waals surface area contributed by atoms with Crippen molar-refractivity contribution in [1.29, 1.82) is 0 Å². The molecule has 0 aliphatic carbocycles. The van der Waals surface area contributed by atoms with Gasteiger partial charge in [0.05, 0.1) is 12.7 Å². The lowest BCUT2D eigenvalue weighted by atomic mass is 10.2. The van der Waals surface area contributed by atoms with Gasteiger partial charge in [-0.1, -0.05) is 29.8 Å². The van der Waals surface area contributed by atoms with Gasteiger partial charge in [0, 0.05) is 13.1 Å². The number of benzene rings is 2. The van der Waals surface area contributed by atoms with Crippen molar-refractivity contribution in [3.8, 4) is 5.75 Å². The van der Waals surface area contributed by atoms with Crippen molar-refractivity contribution in [1.82, 2.24) is 4.31 Å². The second-order valence-electron chi connectivity index (χ2n) is 6.54. The summed E-state index contributed by atoms with van der Waals surface area (Å²) in [6.45, 7) is 3.07. The summed E-state index contributed by atoms with van der Waals surface area (Å²) in [5.74, 6) is -0.354. The maximum atomic E-state index is 12.9. The molecule has 0 bridgehead atoms. The number of nitrogens with zero attached hydrogens (tertiary/aromatic N) is 1. The number of carbonyl (C=O) groups excluding carboxylic acids is 1. The molecule has 0 unspecified atom stereocenters. The van der Waals surface area contributed by atoms with E-state index in [1.165, 1.54) is 29.6 Å². The smallest absolute Gasteiger partial charge is 0.338 e. The Morgan fingerprint density at radius 1 is 1.07 bits per heavy atom. The molecule has 6 nitrogen and oxygen atoms in total. The summed E-state index contributed by atoms with van der Waals surface area (Å²) in [5.41, 5.74) is 2.17. The summed E-state index contributed by atoms with van der Waals surface area (Å²) in [4.78, 5) is 12.4. The molecule has 1 aliphatic rings. The van der Waals surface area contributed by atoms with Gasteiger partial charge in [-0.3, -0.25) is 0 Å². The van der Waals surface area contributed by atoms with Gasteiger partial charge in [-0.05, 0) is 43.5 Å². The predicted molar refractivity (Wildman–Crippen MR) is 101 cm³/mol. The molecule has 0 aromatic heterocycles. The molecular weight excluding hydrogens is 366 g/mol. The summed E-state index contributed by atoms with van der Waals surface area (Å²) in [7, 11) is -2.30. The van der Waals surface area contributed by atoms with Crippen molar-refractivity contribution in [3.63, 3.8) is 0 Å². The third-order valence-corrected chi connectivity index (χ3v) is 6.49. The van der Waals surface area contributed by atoms with Crippen LogP contribution in [-0.4, -0.2) is 38.9 Å². The van der Waals surface area contributed by atoms with E-state index >= 15 is 0 Å². The summed E-state index contributed by atoms with van der Waals surface area (Å²) < 4.78 is 37.8. The number of carbonyl (C=O) groups is 1. The van der Waals surface area contributed by atoms with Crippen LogP contribution < -0.4 is 4.74 Å². The van der Waals surface area contributed by atoms with Crippen LogP contribution >= 0.6 is 0 Å².